The van der Waals surface area contributed by atoms with Gasteiger partial charge in [0, 0.05) is 32.1 Å². The van der Waals surface area contributed by atoms with Crippen LogP contribution in [0.15, 0.2) is 0 Å². The lowest BCUT2D eigenvalue weighted by molar-refractivity contribution is -0.132. The molecular weight excluding hydrogens is 242 g/mol. The average Bonchev–Trinajstić information content (AvgIpc) is 2.62. The maximum atomic E-state index is 11.5. The van der Waals surface area contributed by atoms with Crippen molar-refractivity contribution in [3.63, 3.8) is 0 Å². The zero-order valence-electron chi connectivity index (χ0n) is 12.1. The number of nitrogens with zero attached hydrogens (tertiary/aromatic N) is 3. The minimum Gasteiger partial charge on any atom is -0.394 e. The van der Waals surface area contributed by atoms with Gasteiger partial charge in [0.1, 0.15) is 5.82 Å². The zero-order chi connectivity index (χ0) is 14.2. The normalized spacial score (nSPS) is 20.2. The van der Waals surface area contributed by atoms with Gasteiger partial charge in [-0.15, -0.1) is 0 Å². The van der Waals surface area contributed by atoms with Gasteiger partial charge in [-0.25, -0.2) is 4.68 Å². The summed E-state index contributed by atoms with van der Waals surface area (Å²) in [5.74, 6) is 1.08. The molecule has 0 aliphatic carbocycles. The lowest BCUT2D eigenvalue weighted by Gasteiger charge is -2.31. The van der Waals surface area contributed by atoms with E-state index in [4.69, 9.17) is 5.73 Å². The van der Waals surface area contributed by atoms with Gasteiger partial charge in [0.25, 0.3) is 0 Å². The van der Waals surface area contributed by atoms with Gasteiger partial charge in [0.15, 0.2) is 0 Å². The van der Waals surface area contributed by atoms with Gasteiger partial charge >= 0.3 is 0 Å². The highest BCUT2D eigenvalue weighted by Crippen LogP contribution is 2.27. The van der Waals surface area contributed by atoms with Crippen LogP contribution in [0.4, 0.5) is 11.5 Å². The quantitative estimate of drug-likeness (QED) is 0.866. The first-order valence-electron chi connectivity index (χ1n) is 6.75. The molecule has 1 unspecified atom stereocenters. The van der Waals surface area contributed by atoms with Crippen LogP contribution in [-0.2, 0) is 4.79 Å². The number of nitrogen functional groups attached to an aromatic ring is 1. The standard InChI is InChI=1S/C13H23N5O/c1-8(2)18-13(12(14)9(3)16-18)15-10-5-6-11(19)17(4)7-10/h8,10,15H,5-7,14H2,1-4H3. The van der Waals surface area contributed by atoms with Crippen LogP contribution in [0.5, 0.6) is 0 Å². The number of carbonyl (C=O) groups excluding carboxylic acids is 1. The number of likely N-dealkylation sites (tertiary alicyclic amines) is 1. The number of rotatable bonds is 3. The van der Waals surface area contributed by atoms with Gasteiger partial charge in [-0.05, 0) is 27.2 Å². The Morgan fingerprint density at radius 1 is 1.47 bits per heavy atom. The second-order valence-corrected chi connectivity index (χ2v) is 5.54. The van der Waals surface area contributed by atoms with E-state index < -0.39 is 0 Å². The summed E-state index contributed by atoms with van der Waals surface area (Å²) in [6.07, 6.45) is 1.42. The van der Waals surface area contributed by atoms with E-state index in [1.807, 2.05) is 18.7 Å². The first-order valence-corrected chi connectivity index (χ1v) is 6.75. The molecule has 0 aromatic carbocycles. The van der Waals surface area contributed by atoms with E-state index >= 15 is 0 Å². The third-order valence-electron chi connectivity index (χ3n) is 3.59. The zero-order valence-corrected chi connectivity index (χ0v) is 12.1. The number of piperidine rings is 1. The summed E-state index contributed by atoms with van der Waals surface area (Å²) in [5, 5.41) is 7.91. The third kappa shape index (κ3) is 2.67. The van der Waals surface area contributed by atoms with Crippen LogP contribution in [0.25, 0.3) is 0 Å². The van der Waals surface area contributed by atoms with Crippen molar-refractivity contribution >= 4 is 17.4 Å². The van der Waals surface area contributed by atoms with E-state index in [0.717, 1.165) is 17.9 Å². The van der Waals surface area contributed by atoms with Crippen molar-refractivity contribution in [2.24, 2.45) is 0 Å². The molecule has 0 radical (unpaired) electrons. The van der Waals surface area contributed by atoms with Crippen molar-refractivity contribution in [3.8, 4) is 0 Å². The minimum atomic E-state index is 0.208. The van der Waals surface area contributed by atoms with Crippen molar-refractivity contribution in [3.05, 3.63) is 5.69 Å². The Labute approximate surface area is 113 Å². The molecule has 1 amide bonds. The second kappa shape index (κ2) is 5.11. The molecule has 106 valence electrons. The Morgan fingerprint density at radius 3 is 2.74 bits per heavy atom. The van der Waals surface area contributed by atoms with Gasteiger partial charge in [0.05, 0.1) is 11.4 Å². The van der Waals surface area contributed by atoms with E-state index in [9.17, 15) is 4.79 Å². The van der Waals surface area contributed by atoms with Crippen LogP contribution in [-0.4, -0.2) is 40.2 Å². The number of likely N-dealkylation sites (N-methyl/N-ethyl adjacent to an activating group) is 1. The summed E-state index contributed by atoms with van der Waals surface area (Å²) in [6.45, 7) is 6.78. The van der Waals surface area contributed by atoms with Crippen LogP contribution in [0, 0.1) is 6.92 Å². The van der Waals surface area contributed by atoms with E-state index in [0.29, 0.717) is 18.7 Å². The molecule has 6 nitrogen and oxygen atoms in total. The maximum Gasteiger partial charge on any atom is 0.222 e. The van der Waals surface area contributed by atoms with Gasteiger partial charge in [-0.3, -0.25) is 4.79 Å². The fraction of sp³-hybridized carbons (Fsp3) is 0.692. The first-order chi connectivity index (χ1) is 8.90. The molecule has 1 aromatic rings. The molecule has 3 N–H and O–H groups in total. The predicted octanol–water partition coefficient (Wildman–Crippen LogP) is 1.39. The van der Waals surface area contributed by atoms with E-state index in [2.05, 4.69) is 24.3 Å². The maximum absolute atomic E-state index is 11.5. The number of aryl methyl sites for hydroxylation is 1. The number of hydrogen-bond acceptors (Lipinski definition) is 4. The number of carbonyl (C=O) groups is 1. The summed E-state index contributed by atoms with van der Waals surface area (Å²) in [4.78, 5) is 13.3. The molecule has 1 saturated heterocycles. The summed E-state index contributed by atoms with van der Waals surface area (Å²) < 4.78 is 1.92. The highest BCUT2D eigenvalue weighted by atomic mass is 16.2. The van der Waals surface area contributed by atoms with E-state index in [1.54, 1.807) is 4.90 Å². The van der Waals surface area contributed by atoms with Crippen molar-refractivity contribution in [1.29, 1.82) is 0 Å². The highest BCUT2D eigenvalue weighted by molar-refractivity contribution is 5.77. The Kier molecular flexibility index (Phi) is 3.68. The predicted molar refractivity (Wildman–Crippen MR) is 76.0 cm³/mol. The lowest BCUT2D eigenvalue weighted by atomic mass is 10.1. The molecule has 19 heavy (non-hydrogen) atoms. The molecule has 0 saturated carbocycles. The number of nitrogens with one attached hydrogen (secondary N) is 1. The molecule has 0 bridgehead atoms. The monoisotopic (exact) mass is 265 g/mol. The number of hydrogen-bond donors (Lipinski definition) is 2. The molecule has 6 heteroatoms. The van der Waals surface area contributed by atoms with Crippen LogP contribution in [0.2, 0.25) is 0 Å². The van der Waals surface area contributed by atoms with Crippen molar-refractivity contribution < 1.29 is 4.79 Å². The topological polar surface area (TPSA) is 76.2 Å². The largest absolute Gasteiger partial charge is 0.394 e. The van der Waals surface area contributed by atoms with Gasteiger partial charge < -0.3 is 16.0 Å². The van der Waals surface area contributed by atoms with E-state index in [1.165, 1.54) is 0 Å². The molecule has 1 atom stereocenters. The Balaban J connectivity index is 2.17. The third-order valence-corrected chi connectivity index (χ3v) is 3.59. The van der Waals surface area contributed by atoms with Gasteiger partial charge in [0.2, 0.25) is 5.91 Å². The molecule has 2 rings (SSSR count). The first kappa shape index (κ1) is 13.7. The lowest BCUT2D eigenvalue weighted by Crippen LogP contribution is -2.43. The van der Waals surface area contributed by atoms with Crippen LogP contribution >= 0.6 is 0 Å². The number of amides is 1. The Bertz CT molecular complexity index is 480. The van der Waals surface area contributed by atoms with Crippen LogP contribution in [0.3, 0.4) is 0 Å². The number of nitrogens with two attached hydrogens (primary N) is 1. The highest BCUT2D eigenvalue weighted by Gasteiger charge is 2.25. The molecule has 1 aromatic heterocycles. The molecule has 2 heterocycles. The summed E-state index contributed by atoms with van der Waals surface area (Å²) in [6, 6.07) is 0.486. The molecule has 1 fully saturated rings. The average molecular weight is 265 g/mol. The van der Waals surface area contributed by atoms with Gasteiger partial charge in [-0.2, -0.15) is 5.10 Å². The number of anilines is 2. The molecular formula is C13H23N5O. The molecule has 1 aliphatic rings. The second-order valence-electron chi connectivity index (χ2n) is 5.54. The minimum absolute atomic E-state index is 0.208. The molecule has 0 spiro atoms. The SMILES string of the molecule is Cc1nn(C(C)C)c(NC2CCC(=O)N(C)C2)c1N. The van der Waals surface area contributed by atoms with Crippen molar-refractivity contribution in [2.45, 2.75) is 45.7 Å². The fourth-order valence-corrected chi connectivity index (χ4v) is 2.40. The van der Waals surface area contributed by atoms with Crippen LogP contribution < -0.4 is 11.1 Å². The summed E-state index contributed by atoms with van der Waals surface area (Å²) >= 11 is 0. The van der Waals surface area contributed by atoms with Gasteiger partial charge in [-0.1, -0.05) is 0 Å². The number of aromatic nitrogens is 2. The summed E-state index contributed by atoms with van der Waals surface area (Å²) in [7, 11) is 1.84. The Hall–Kier alpha value is -1.72. The van der Waals surface area contributed by atoms with Crippen molar-refractivity contribution in [2.75, 3.05) is 24.6 Å². The smallest absolute Gasteiger partial charge is 0.222 e. The van der Waals surface area contributed by atoms with E-state index in [-0.39, 0.29) is 18.0 Å². The van der Waals surface area contributed by atoms with Crippen molar-refractivity contribution in [1.82, 2.24) is 14.7 Å². The molecule has 1 aliphatic heterocycles. The van der Waals surface area contributed by atoms with Crippen LogP contribution in [0.1, 0.15) is 38.4 Å². The fourth-order valence-electron chi connectivity index (χ4n) is 2.40. The summed E-state index contributed by atoms with van der Waals surface area (Å²) in [5.41, 5.74) is 7.64. The Morgan fingerprint density at radius 2 is 2.16 bits per heavy atom.